The summed E-state index contributed by atoms with van der Waals surface area (Å²) in [4.78, 5) is 16.4. The number of nitrogens with one attached hydrogen (secondary N) is 1. The van der Waals surface area contributed by atoms with E-state index in [4.69, 9.17) is 16.3 Å². The average Bonchev–Trinajstić information content (AvgIpc) is 2.89. The van der Waals surface area contributed by atoms with Crippen LogP contribution in [0.3, 0.4) is 0 Å². The van der Waals surface area contributed by atoms with E-state index in [-0.39, 0.29) is 5.91 Å². The lowest BCUT2D eigenvalue weighted by molar-refractivity contribution is -0.116. The number of carbonyl (C=O) groups is 1. The van der Waals surface area contributed by atoms with E-state index in [2.05, 4.69) is 15.4 Å². The quantitative estimate of drug-likeness (QED) is 0.681. The summed E-state index contributed by atoms with van der Waals surface area (Å²) in [6, 6.07) is 10.5. The van der Waals surface area contributed by atoms with E-state index in [1.807, 2.05) is 25.6 Å². The highest BCUT2D eigenvalue weighted by molar-refractivity contribution is 6.30. The van der Waals surface area contributed by atoms with Crippen LogP contribution in [0.15, 0.2) is 42.6 Å². The van der Waals surface area contributed by atoms with Gasteiger partial charge in [-0.3, -0.25) is 9.48 Å². The Morgan fingerprint density at radius 1 is 1.19 bits per heavy atom. The smallest absolute Gasteiger partial charge is 0.224 e. The molecule has 0 fully saturated rings. The number of aryl methyl sites for hydroxylation is 2. The molecule has 1 N–H and O–H groups in total. The van der Waals surface area contributed by atoms with Gasteiger partial charge in [-0.1, -0.05) is 11.6 Å². The molecule has 1 aromatic carbocycles. The summed E-state index contributed by atoms with van der Waals surface area (Å²) in [5.41, 5.74) is 3.81. The maximum atomic E-state index is 12.2. The van der Waals surface area contributed by atoms with Crippen LogP contribution in [0, 0.1) is 13.8 Å². The zero-order valence-electron chi connectivity index (χ0n) is 15.5. The summed E-state index contributed by atoms with van der Waals surface area (Å²) < 4.78 is 7.47. The number of halogens is 1. The van der Waals surface area contributed by atoms with Gasteiger partial charge < -0.3 is 10.1 Å². The molecule has 140 valence electrons. The fourth-order valence-corrected chi connectivity index (χ4v) is 2.91. The molecule has 7 heteroatoms. The van der Waals surface area contributed by atoms with E-state index in [0.29, 0.717) is 35.2 Å². The molecule has 0 aliphatic carbocycles. The molecule has 3 rings (SSSR count). The lowest BCUT2D eigenvalue weighted by atomic mass is 10.1. The fourth-order valence-electron chi connectivity index (χ4n) is 2.78. The number of benzene rings is 1. The molecule has 6 nitrogen and oxygen atoms in total. The molecule has 27 heavy (non-hydrogen) atoms. The van der Waals surface area contributed by atoms with Crippen molar-refractivity contribution in [2.75, 3.05) is 5.32 Å². The maximum absolute atomic E-state index is 12.2. The Kier molecular flexibility index (Phi) is 5.76. The van der Waals surface area contributed by atoms with Gasteiger partial charge in [-0.2, -0.15) is 5.10 Å². The summed E-state index contributed by atoms with van der Waals surface area (Å²) in [5.74, 6) is 1.02. The number of anilines is 1. The highest BCUT2D eigenvalue weighted by Gasteiger charge is 2.11. The van der Waals surface area contributed by atoms with E-state index in [0.717, 1.165) is 17.0 Å². The highest BCUT2D eigenvalue weighted by Crippen LogP contribution is 2.22. The summed E-state index contributed by atoms with van der Waals surface area (Å²) in [6.07, 6.45) is 2.61. The van der Waals surface area contributed by atoms with Crippen LogP contribution < -0.4 is 10.1 Å². The summed E-state index contributed by atoms with van der Waals surface area (Å²) in [7, 11) is 1.91. The SMILES string of the molecule is Cc1nn(C)c(C)c1CCC(=O)Nc1ccc(Oc2ccc(Cl)cc2)nc1. The molecule has 0 unspecified atom stereocenters. The second kappa shape index (κ2) is 8.22. The monoisotopic (exact) mass is 384 g/mol. The first-order chi connectivity index (χ1) is 12.9. The summed E-state index contributed by atoms with van der Waals surface area (Å²) in [5, 5.41) is 7.87. The molecule has 2 heterocycles. The number of amides is 1. The largest absolute Gasteiger partial charge is 0.439 e. The average molecular weight is 385 g/mol. The Morgan fingerprint density at radius 3 is 2.52 bits per heavy atom. The molecule has 3 aromatic rings. The number of rotatable bonds is 6. The Balaban J connectivity index is 1.54. The lowest BCUT2D eigenvalue weighted by Crippen LogP contribution is -2.13. The van der Waals surface area contributed by atoms with Crippen molar-refractivity contribution in [2.45, 2.75) is 26.7 Å². The molecule has 0 saturated carbocycles. The standard InChI is InChI=1S/C20H21ClN4O2/c1-13-18(14(2)25(3)24-13)9-10-19(26)23-16-6-11-20(22-12-16)27-17-7-4-15(21)5-8-17/h4-8,11-12H,9-10H2,1-3H3,(H,23,26). The number of hydrogen-bond donors (Lipinski definition) is 1. The highest BCUT2D eigenvalue weighted by atomic mass is 35.5. The van der Waals surface area contributed by atoms with Gasteiger partial charge in [-0.15, -0.1) is 0 Å². The zero-order chi connectivity index (χ0) is 19.4. The van der Waals surface area contributed by atoms with Gasteiger partial charge in [0.15, 0.2) is 0 Å². The molecule has 0 radical (unpaired) electrons. The van der Waals surface area contributed by atoms with Crippen LogP contribution in [-0.4, -0.2) is 20.7 Å². The van der Waals surface area contributed by atoms with Gasteiger partial charge in [-0.25, -0.2) is 4.98 Å². The molecule has 2 aromatic heterocycles. The van der Waals surface area contributed by atoms with E-state index < -0.39 is 0 Å². The van der Waals surface area contributed by atoms with Crippen LogP contribution in [0.1, 0.15) is 23.4 Å². The van der Waals surface area contributed by atoms with E-state index in [9.17, 15) is 4.79 Å². The fraction of sp³-hybridized carbons (Fsp3) is 0.250. The molecule has 0 bridgehead atoms. The van der Waals surface area contributed by atoms with Crippen LogP contribution in [-0.2, 0) is 18.3 Å². The van der Waals surface area contributed by atoms with Crippen molar-refractivity contribution in [3.05, 3.63) is 64.6 Å². The normalized spacial score (nSPS) is 10.7. The number of hydrogen-bond acceptors (Lipinski definition) is 4. The van der Waals surface area contributed by atoms with Gasteiger partial charge in [-0.05, 0) is 56.2 Å². The van der Waals surface area contributed by atoms with Gasteiger partial charge in [0, 0.05) is 30.3 Å². The second-order valence-corrected chi connectivity index (χ2v) is 6.70. The first-order valence-electron chi connectivity index (χ1n) is 8.61. The molecule has 0 aliphatic heterocycles. The first kappa shape index (κ1) is 18.9. The van der Waals surface area contributed by atoms with Gasteiger partial charge in [0.25, 0.3) is 0 Å². The van der Waals surface area contributed by atoms with Crippen molar-refractivity contribution in [1.82, 2.24) is 14.8 Å². The Labute approximate surface area is 163 Å². The Morgan fingerprint density at radius 2 is 1.93 bits per heavy atom. The van der Waals surface area contributed by atoms with Crippen molar-refractivity contribution >= 4 is 23.2 Å². The van der Waals surface area contributed by atoms with Crippen molar-refractivity contribution in [2.24, 2.45) is 7.05 Å². The molecule has 0 spiro atoms. The zero-order valence-corrected chi connectivity index (χ0v) is 16.2. The third-order valence-corrected chi connectivity index (χ3v) is 4.57. The molecule has 1 amide bonds. The Hall–Kier alpha value is -2.86. The van der Waals surface area contributed by atoms with Crippen LogP contribution >= 0.6 is 11.6 Å². The summed E-state index contributed by atoms with van der Waals surface area (Å²) >= 11 is 5.85. The van der Waals surface area contributed by atoms with Crippen molar-refractivity contribution in [1.29, 1.82) is 0 Å². The van der Waals surface area contributed by atoms with E-state index in [1.165, 1.54) is 0 Å². The number of nitrogens with zero attached hydrogens (tertiary/aromatic N) is 3. The van der Waals surface area contributed by atoms with Gasteiger partial charge in [0.2, 0.25) is 11.8 Å². The predicted molar refractivity (Wildman–Crippen MR) is 105 cm³/mol. The lowest BCUT2D eigenvalue weighted by Gasteiger charge is -2.08. The summed E-state index contributed by atoms with van der Waals surface area (Å²) in [6.45, 7) is 3.97. The number of aromatic nitrogens is 3. The van der Waals surface area contributed by atoms with Gasteiger partial charge in [0.1, 0.15) is 5.75 Å². The van der Waals surface area contributed by atoms with E-state index >= 15 is 0 Å². The van der Waals surface area contributed by atoms with Crippen LogP contribution in [0.2, 0.25) is 5.02 Å². The molecular weight excluding hydrogens is 364 g/mol. The molecule has 0 atom stereocenters. The molecule has 0 saturated heterocycles. The van der Waals surface area contributed by atoms with E-state index in [1.54, 1.807) is 42.6 Å². The second-order valence-electron chi connectivity index (χ2n) is 6.26. The third kappa shape index (κ3) is 4.86. The maximum Gasteiger partial charge on any atom is 0.224 e. The van der Waals surface area contributed by atoms with Crippen molar-refractivity contribution in [3.63, 3.8) is 0 Å². The first-order valence-corrected chi connectivity index (χ1v) is 8.98. The number of carbonyl (C=O) groups excluding carboxylic acids is 1. The Bertz CT molecular complexity index is 934. The van der Waals surface area contributed by atoms with Gasteiger partial charge >= 0.3 is 0 Å². The number of ether oxygens (including phenoxy) is 1. The van der Waals surface area contributed by atoms with Crippen molar-refractivity contribution < 1.29 is 9.53 Å². The minimum absolute atomic E-state index is 0.0641. The van der Waals surface area contributed by atoms with Crippen LogP contribution in [0.4, 0.5) is 5.69 Å². The third-order valence-electron chi connectivity index (χ3n) is 4.32. The molecule has 0 aliphatic rings. The van der Waals surface area contributed by atoms with Crippen LogP contribution in [0.5, 0.6) is 11.6 Å². The van der Waals surface area contributed by atoms with Crippen LogP contribution in [0.25, 0.3) is 0 Å². The predicted octanol–water partition coefficient (Wildman–Crippen LogP) is 4.45. The van der Waals surface area contributed by atoms with Crippen molar-refractivity contribution in [3.8, 4) is 11.6 Å². The minimum Gasteiger partial charge on any atom is -0.439 e. The molecular formula is C20H21ClN4O2. The van der Waals surface area contributed by atoms with Gasteiger partial charge in [0.05, 0.1) is 17.6 Å². The minimum atomic E-state index is -0.0641. The topological polar surface area (TPSA) is 69.0 Å². The number of pyridine rings is 1.